The molecular weight excluding hydrogens is 244 g/mol. The zero-order chi connectivity index (χ0) is 14.6. The van der Waals surface area contributed by atoms with Crippen LogP contribution in [0.4, 0.5) is 0 Å². The van der Waals surface area contributed by atoms with Crippen molar-refractivity contribution in [1.82, 2.24) is 0 Å². The number of carboxylic acids is 1. The van der Waals surface area contributed by atoms with Crippen LogP contribution in [0.15, 0.2) is 0 Å². The topological polar surface area (TPSA) is 77.8 Å². The Morgan fingerprint density at radius 1 is 1.21 bits per heavy atom. The maximum absolute atomic E-state index is 11.7. The number of carboxylic acid groups (broad SMARTS) is 1. The highest BCUT2D eigenvalue weighted by Crippen LogP contribution is 2.61. The summed E-state index contributed by atoms with van der Waals surface area (Å²) in [6.45, 7) is 7.87. The summed E-state index contributed by atoms with van der Waals surface area (Å²) in [5, 5.41) is 30.1. The van der Waals surface area contributed by atoms with E-state index in [9.17, 15) is 20.1 Å². The number of hydrogen-bond donors (Lipinski definition) is 3. The summed E-state index contributed by atoms with van der Waals surface area (Å²) in [7, 11) is 0. The van der Waals surface area contributed by atoms with Crippen molar-refractivity contribution in [3.63, 3.8) is 0 Å². The molecule has 2 saturated carbocycles. The van der Waals surface area contributed by atoms with Crippen LogP contribution in [0, 0.1) is 28.6 Å². The molecule has 0 aromatic heterocycles. The predicted molar refractivity (Wildman–Crippen MR) is 71.5 cm³/mol. The van der Waals surface area contributed by atoms with Crippen LogP contribution in [0.3, 0.4) is 0 Å². The Hall–Kier alpha value is -0.610. The number of hydrogen-bond acceptors (Lipinski definition) is 3. The zero-order valence-corrected chi connectivity index (χ0v) is 12.3. The third-order valence-corrected chi connectivity index (χ3v) is 6.10. The minimum Gasteiger partial charge on any atom is -0.481 e. The minimum atomic E-state index is -0.814. The summed E-state index contributed by atoms with van der Waals surface area (Å²) in [6, 6.07) is 0. The lowest BCUT2D eigenvalue weighted by molar-refractivity contribution is -0.193. The van der Waals surface area contributed by atoms with E-state index in [0.29, 0.717) is 12.8 Å². The van der Waals surface area contributed by atoms with Crippen molar-refractivity contribution in [1.29, 1.82) is 0 Å². The number of aliphatic carboxylic acids is 1. The van der Waals surface area contributed by atoms with Crippen molar-refractivity contribution < 1.29 is 20.1 Å². The summed E-state index contributed by atoms with van der Waals surface area (Å²) < 4.78 is 0. The molecule has 0 amide bonds. The highest BCUT2D eigenvalue weighted by Gasteiger charge is 2.60. The van der Waals surface area contributed by atoms with Gasteiger partial charge in [0, 0.05) is 0 Å². The van der Waals surface area contributed by atoms with Gasteiger partial charge in [0.15, 0.2) is 0 Å². The first-order valence-electron chi connectivity index (χ1n) is 7.21. The first-order chi connectivity index (χ1) is 8.62. The van der Waals surface area contributed by atoms with E-state index in [1.165, 1.54) is 0 Å². The standard InChI is InChI=1S/C15H26O4/c1-8-9(16)7-10-14(2,3)11(17)5-6-15(10,4)12(8)13(18)19/h8-12,16-17H,5-7H2,1-4H3,(H,18,19)/t8-,9+,10+,11-,12-,15+/m1/s1. The van der Waals surface area contributed by atoms with Gasteiger partial charge in [-0.15, -0.1) is 0 Å². The maximum Gasteiger partial charge on any atom is 0.307 e. The van der Waals surface area contributed by atoms with Crippen LogP contribution in [0.25, 0.3) is 0 Å². The van der Waals surface area contributed by atoms with Crippen LogP contribution in [0.2, 0.25) is 0 Å². The second-order valence-corrected chi connectivity index (χ2v) is 7.41. The first kappa shape index (κ1) is 14.8. The van der Waals surface area contributed by atoms with Crippen molar-refractivity contribution in [3.8, 4) is 0 Å². The van der Waals surface area contributed by atoms with Crippen molar-refractivity contribution in [3.05, 3.63) is 0 Å². The van der Waals surface area contributed by atoms with Crippen LogP contribution in [0.1, 0.15) is 47.0 Å². The molecule has 3 N–H and O–H groups in total. The van der Waals surface area contributed by atoms with Gasteiger partial charge in [0.1, 0.15) is 0 Å². The molecule has 2 aliphatic rings. The highest BCUT2D eigenvalue weighted by molar-refractivity contribution is 5.72. The third kappa shape index (κ3) is 2.00. The van der Waals surface area contributed by atoms with Gasteiger partial charge in [-0.3, -0.25) is 4.79 Å². The van der Waals surface area contributed by atoms with Crippen LogP contribution in [0.5, 0.6) is 0 Å². The lowest BCUT2D eigenvalue weighted by atomic mass is 9.45. The van der Waals surface area contributed by atoms with E-state index in [1.807, 2.05) is 27.7 Å². The number of rotatable bonds is 1. The van der Waals surface area contributed by atoms with E-state index in [2.05, 4.69) is 0 Å². The molecule has 110 valence electrons. The average Bonchev–Trinajstić information content (AvgIpc) is 2.28. The summed E-state index contributed by atoms with van der Waals surface area (Å²) in [5.41, 5.74) is -0.685. The predicted octanol–water partition coefficient (Wildman–Crippen LogP) is 1.89. The largest absolute Gasteiger partial charge is 0.481 e. The minimum absolute atomic E-state index is 0.0380. The molecule has 19 heavy (non-hydrogen) atoms. The molecular formula is C15H26O4. The molecule has 0 aromatic carbocycles. The quantitative estimate of drug-likeness (QED) is 0.680. The zero-order valence-electron chi connectivity index (χ0n) is 12.3. The van der Waals surface area contributed by atoms with Gasteiger partial charge in [-0.1, -0.05) is 27.7 Å². The van der Waals surface area contributed by atoms with Gasteiger partial charge in [0.25, 0.3) is 0 Å². The number of aliphatic hydroxyl groups is 2. The van der Waals surface area contributed by atoms with Crippen molar-refractivity contribution in [2.75, 3.05) is 0 Å². The Bertz CT molecular complexity index is 378. The van der Waals surface area contributed by atoms with Gasteiger partial charge < -0.3 is 15.3 Å². The maximum atomic E-state index is 11.7. The van der Waals surface area contributed by atoms with Gasteiger partial charge in [0.2, 0.25) is 0 Å². The number of carbonyl (C=O) groups is 1. The summed E-state index contributed by atoms with van der Waals surface area (Å²) >= 11 is 0. The van der Waals surface area contributed by atoms with E-state index >= 15 is 0 Å². The molecule has 2 rings (SSSR count). The Labute approximate surface area is 114 Å². The molecule has 0 bridgehead atoms. The molecule has 4 nitrogen and oxygen atoms in total. The van der Waals surface area contributed by atoms with Crippen LogP contribution in [-0.4, -0.2) is 33.5 Å². The molecule has 4 heteroatoms. The van der Waals surface area contributed by atoms with Gasteiger partial charge >= 0.3 is 5.97 Å². The molecule has 0 spiro atoms. The number of fused-ring (bicyclic) bond motifs is 1. The van der Waals surface area contributed by atoms with Crippen LogP contribution < -0.4 is 0 Å². The fraction of sp³-hybridized carbons (Fsp3) is 0.933. The number of aliphatic hydroxyl groups excluding tert-OH is 2. The Kier molecular flexibility index (Phi) is 3.47. The van der Waals surface area contributed by atoms with Gasteiger partial charge in [-0.25, -0.2) is 0 Å². The van der Waals surface area contributed by atoms with Crippen molar-refractivity contribution in [2.45, 2.75) is 59.2 Å². The molecule has 2 fully saturated rings. The first-order valence-corrected chi connectivity index (χ1v) is 7.21. The molecule has 0 radical (unpaired) electrons. The smallest absolute Gasteiger partial charge is 0.307 e. The van der Waals surface area contributed by atoms with Crippen LogP contribution in [-0.2, 0) is 4.79 Å². The van der Waals surface area contributed by atoms with Crippen molar-refractivity contribution >= 4 is 5.97 Å². The van der Waals surface area contributed by atoms with E-state index < -0.39 is 24.1 Å². The summed E-state index contributed by atoms with van der Waals surface area (Å²) in [4.78, 5) is 11.7. The van der Waals surface area contributed by atoms with Gasteiger partial charge in [0.05, 0.1) is 18.1 Å². The Morgan fingerprint density at radius 2 is 1.79 bits per heavy atom. The molecule has 0 unspecified atom stereocenters. The third-order valence-electron chi connectivity index (χ3n) is 6.10. The molecule has 2 aliphatic carbocycles. The normalized spacial score (nSPS) is 49.5. The second-order valence-electron chi connectivity index (χ2n) is 7.41. The summed E-state index contributed by atoms with van der Waals surface area (Å²) in [5.74, 6) is -1.54. The second kappa shape index (κ2) is 4.45. The molecule has 6 atom stereocenters. The molecule has 0 saturated heterocycles. The van der Waals surface area contributed by atoms with Gasteiger partial charge in [-0.05, 0) is 41.9 Å². The van der Waals surface area contributed by atoms with Crippen LogP contribution >= 0.6 is 0 Å². The molecule has 0 aromatic rings. The fourth-order valence-corrected chi connectivity index (χ4v) is 4.81. The van der Waals surface area contributed by atoms with Gasteiger partial charge in [-0.2, -0.15) is 0 Å². The van der Waals surface area contributed by atoms with E-state index in [4.69, 9.17) is 0 Å². The lowest BCUT2D eigenvalue weighted by Gasteiger charge is -2.60. The van der Waals surface area contributed by atoms with E-state index in [1.54, 1.807) is 0 Å². The Balaban J connectivity index is 2.46. The fourth-order valence-electron chi connectivity index (χ4n) is 4.81. The molecule has 0 heterocycles. The Morgan fingerprint density at radius 3 is 2.32 bits per heavy atom. The summed E-state index contributed by atoms with van der Waals surface area (Å²) in [6.07, 6.45) is 0.943. The van der Waals surface area contributed by atoms with E-state index in [0.717, 1.165) is 6.42 Å². The average molecular weight is 270 g/mol. The highest BCUT2D eigenvalue weighted by atomic mass is 16.4. The van der Waals surface area contributed by atoms with E-state index in [-0.39, 0.29) is 22.7 Å². The monoisotopic (exact) mass is 270 g/mol. The SMILES string of the molecule is C[C@@H]1[C@@H](O)C[C@H]2C(C)(C)[C@H](O)CC[C@]2(C)[C@H]1C(=O)O. The molecule has 0 aliphatic heterocycles. The van der Waals surface area contributed by atoms with Crippen molar-refractivity contribution in [2.24, 2.45) is 28.6 Å². The lowest BCUT2D eigenvalue weighted by Crippen LogP contribution is -2.60.